The predicted molar refractivity (Wildman–Crippen MR) is 228 cm³/mol. The number of anilines is 3. The fourth-order valence-corrected chi connectivity index (χ4v) is 7.89. The van der Waals surface area contributed by atoms with Crippen LogP contribution in [0.2, 0.25) is 0 Å². The van der Waals surface area contributed by atoms with Gasteiger partial charge in [0.1, 0.15) is 11.2 Å². The summed E-state index contributed by atoms with van der Waals surface area (Å²) in [4.78, 5) is 2.33. The molecule has 0 amide bonds. The highest BCUT2D eigenvalue weighted by atomic mass is 16.3. The van der Waals surface area contributed by atoms with E-state index in [-0.39, 0.29) is 0 Å². The number of rotatable bonds is 7. The highest BCUT2D eigenvalue weighted by Crippen LogP contribution is 2.46. The van der Waals surface area contributed by atoms with Crippen molar-refractivity contribution in [3.05, 3.63) is 212 Å². The fraction of sp³-hybridized carbons (Fsp3) is 0. The van der Waals surface area contributed by atoms with Gasteiger partial charge in [-0.1, -0.05) is 146 Å². The monoisotopic (exact) mass is 689 g/mol. The normalized spacial score (nSPS) is 11.3. The first kappa shape index (κ1) is 31.6. The molecule has 0 N–H and O–H groups in total. The van der Waals surface area contributed by atoms with Crippen molar-refractivity contribution in [3.63, 3.8) is 0 Å². The third-order valence-electron chi connectivity index (χ3n) is 10.4. The van der Waals surface area contributed by atoms with Gasteiger partial charge in [0.2, 0.25) is 0 Å². The van der Waals surface area contributed by atoms with E-state index in [1.165, 1.54) is 38.9 Å². The zero-order valence-electron chi connectivity index (χ0n) is 29.6. The van der Waals surface area contributed by atoms with Crippen LogP contribution in [0, 0.1) is 0 Å². The molecule has 254 valence electrons. The molecule has 0 saturated carbocycles. The van der Waals surface area contributed by atoms with Crippen molar-refractivity contribution in [2.75, 3.05) is 4.90 Å². The van der Waals surface area contributed by atoms with Gasteiger partial charge in [-0.05, 0) is 117 Å². The minimum Gasteiger partial charge on any atom is -0.455 e. The third kappa shape index (κ3) is 5.62. The van der Waals surface area contributed by atoms with E-state index in [2.05, 4.69) is 217 Å². The van der Waals surface area contributed by atoms with Crippen molar-refractivity contribution in [3.8, 4) is 44.5 Å². The molecule has 10 rings (SSSR count). The molecule has 0 saturated heterocycles. The average Bonchev–Trinajstić information content (AvgIpc) is 3.64. The van der Waals surface area contributed by atoms with Gasteiger partial charge < -0.3 is 9.32 Å². The van der Waals surface area contributed by atoms with E-state index in [0.29, 0.717) is 0 Å². The highest BCUT2D eigenvalue weighted by molar-refractivity contribution is 6.22. The number of benzene rings is 9. The number of nitrogens with zero attached hydrogens (tertiary/aromatic N) is 1. The lowest BCUT2D eigenvalue weighted by Gasteiger charge is -2.26. The highest BCUT2D eigenvalue weighted by Gasteiger charge is 2.21. The first-order valence-electron chi connectivity index (χ1n) is 18.4. The molecular weight excluding hydrogens is 655 g/mol. The first-order chi connectivity index (χ1) is 26.8. The Hall–Kier alpha value is -7.16. The molecule has 0 atom stereocenters. The molecule has 0 aliphatic heterocycles. The van der Waals surface area contributed by atoms with Crippen LogP contribution in [0.25, 0.3) is 77.2 Å². The number of furan rings is 1. The van der Waals surface area contributed by atoms with Gasteiger partial charge >= 0.3 is 0 Å². The van der Waals surface area contributed by atoms with Crippen LogP contribution in [-0.4, -0.2) is 0 Å². The summed E-state index contributed by atoms with van der Waals surface area (Å²) in [5.41, 5.74) is 14.5. The maximum Gasteiger partial charge on any atom is 0.143 e. The Balaban J connectivity index is 1.19. The fourth-order valence-electron chi connectivity index (χ4n) is 7.89. The SMILES string of the molecule is c1ccc(-c2cc(-c3ccccc3)cc(-c3cccc(-c4cc5c(oc6cccc(N(c7ccccc7)c7ccccc7)c65)c5ccccc45)c3)c2)cc1. The molecule has 0 aliphatic rings. The molecule has 9 aromatic carbocycles. The van der Waals surface area contributed by atoms with E-state index in [4.69, 9.17) is 4.42 Å². The molecule has 0 fully saturated rings. The van der Waals surface area contributed by atoms with E-state index >= 15 is 0 Å². The molecular formula is C52H35NO. The summed E-state index contributed by atoms with van der Waals surface area (Å²) in [6, 6.07) is 75.8. The van der Waals surface area contributed by atoms with Gasteiger partial charge in [0.05, 0.1) is 11.1 Å². The Morgan fingerprint density at radius 2 is 0.778 bits per heavy atom. The van der Waals surface area contributed by atoms with Crippen molar-refractivity contribution in [1.82, 2.24) is 0 Å². The second-order valence-electron chi connectivity index (χ2n) is 13.7. The molecule has 1 heterocycles. The summed E-state index contributed by atoms with van der Waals surface area (Å²) < 4.78 is 6.80. The van der Waals surface area contributed by atoms with Crippen molar-refractivity contribution in [2.24, 2.45) is 0 Å². The van der Waals surface area contributed by atoms with E-state index in [1.54, 1.807) is 0 Å². The molecule has 0 spiro atoms. The molecule has 1 aromatic heterocycles. The summed E-state index contributed by atoms with van der Waals surface area (Å²) in [5, 5.41) is 4.44. The Morgan fingerprint density at radius 1 is 0.315 bits per heavy atom. The second kappa shape index (κ2) is 13.4. The lowest BCUT2D eigenvalue weighted by atomic mass is 9.90. The maximum atomic E-state index is 6.80. The maximum absolute atomic E-state index is 6.80. The van der Waals surface area contributed by atoms with Crippen LogP contribution < -0.4 is 4.90 Å². The smallest absolute Gasteiger partial charge is 0.143 e. The minimum atomic E-state index is 0.863. The van der Waals surface area contributed by atoms with E-state index in [9.17, 15) is 0 Å². The molecule has 2 nitrogen and oxygen atoms in total. The van der Waals surface area contributed by atoms with Crippen LogP contribution in [-0.2, 0) is 0 Å². The van der Waals surface area contributed by atoms with Gasteiger partial charge in [0, 0.05) is 22.1 Å². The van der Waals surface area contributed by atoms with Gasteiger partial charge in [-0.15, -0.1) is 0 Å². The average molecular weight is 690 g/mol. The van der Waals surface area contributed by atoms with E-state index in [0.717, 1.165) is 55.3 Å². The zero-order chi connectivity index (χ0) is 35.8. The molecule has 2 heteroatoms. The Labute approximate surface area is 314 Å². The van der Waals surface area contributed by atoms with Gasteiger partial charge in [0.25, 0.3) is 0 Å². The van der Waals surface area contributed by atoms with E-state index in [1.807, 2.05) is 0 Å². The van der Waals surface area contributed by atoms with Crippen LogP contribution in [0.1, 0.15) is 0 Å². The summed E-state index contributed by atoms with van der Waals surface area (Å²) in [6.07, 6.45) is 0. The Kier molecular flexibility index (Phi) is 7.85. The first-order valence-corrected chi connectivity index (χ1v) is 18.4. The van der Waals surface area contributed by atoms with E-state index < -0.39 is 0 Å². The van der Waals surface area contributed by atoms with Gasteiger partial charge in [-0.3, -0.25) is 0 Å². The van der Waals surface area contributed by atoms with Gasteiger partial charge in [-0.25, -0.2) is 0 Å². The number of para-hydroxylation sites is 2. The zero-order valence-corrected chi connectivity index (χ0v) is 29.6. The van der Waals surface area contributed by atoms with Crippen LogP contribution in [0.4, 0.5) is 17.1 Å². The Bertz CT molecular complexity index is 2820. The molecule has 0 radical (unpaired) electrons. The molecule has 0 aliphatic carbocycles. The largest absolute Gasteiger partial charge is 0.455 e. The van der Waals surface area contributed by atoms with Gasteiger partial charge in [-0.2, -0.15) is 0 Å². The lowest BCUT2D eigenvalue weighted by Crippen LogP contribution is -2.09. The summed E-state index contributed by atoms with van der Waals surface area (Å²) in [5.74, 6) is 0. The topological polar surface area (TPSA) is 16.4 Å². The van der Waals surface area contributed by atoms with Crippen LogP contribution in [0.5, 0.6) is 0 Å². The summed E-state index contributed by atoms with van der Waals surface area (Å²) in [7, 11) is 0. The quantitative estimate of drug-likeness (QED) is 0.166. The molecule has 0 unspecified atom stereocenters. The van der Waals surface area contributed by atoms with Crippen LogP contribution in [0.15, 0.2) is 217 Å². The Morgan fingerprint density at radius 3 is 1.39 bits per heavy atom. The van der Waals surface area contributed by atoms with Crippen molar-refractivity contribution >= 4 is 49.8 Å². The predicted octanol–water partition coefficient (Wildman–Crippen LogP) is 14.9. The number of hydrogen-bond donors (Lipinski definition) is 0. The molecule has 54 heavy (non-hydrogen) atoms. The van der Waals surface area contributed by atoms with Crippen LogP contribution >= 0.6 is 0 Å². The summed E-state index contributed by atoms with van der Waals surface area (Å²) >= 11 is 0. The summed E-state index contributed by atoms with van der Waals surface area (Å²) in [6.45, 7) is 0. The van der Waals surface area contributed by atoms with Gasteiger partial charge in [0.15, 0.2) is 0 Å². The molecule has 10 aromatic rings. The molecule has 0 bridgehead atoms. The second-order valence-corrected chi connectivity index (χ2v) is 13.7. The van der Waals surface area contributed by atoms with Crippen molar-refractivity contribution < 1.29 is 4.42 Å². The number of hydrogen-bond acceptors (Lipinski definition) is 2. The minimum absolute atomic E-state index is 0.863. The van der Waals surface area contributed by atoms with Crippen molar-refractivity contribution in [1.29, 1.82) is 0 Å². The standard InChI is InChI=1S/C52H35NO/c1-5-17-36(18-6-1)40-32-41(37-19-7-2-8-20-37)34-42(33-40)38-21-15-22-39(31-38)47-35-48-51-49(53(43-23-9-3-10-24-43)44-25-11-4-12-26-44)29-16-30-50(51)54-52(48)46-28-14-13-27-45(46)47/h1-35H. The lowest BCUT2D eigenvalue weighted by molar-refractivity contribution is 0.672. The van der Waals surface area contributed by atoms with Crippen molar-refractivity contribution in [2.45, 2.75) is 0 Å². The third-order valence-corrected chi connectivity index (χ3v) is 10.4. The number of fused-ring (bicyclic) bond motifs is 5. The van der Waals surface area contributed by atoms with Crippen LogP contribution in [0.3, 0.4) is 0 Å².